The van der Waals surface area contributed by atoms with Gasteiger partial charge in [-0.3, -0.25) is 19.7 Å². The van der Waals surface area contributed by atoms with Gasteiger partial charge in [0.25, 0.3) is 14.0 Å². The number of aromatic hydroxyl groups is 1. The predicted octanol–water partition coefficient (Wildman–Crippen LogP) is 8.73. The number of ether oxygens (including phenoxy) is 1. The topological polar surface area (TPSA) is 119 Å². The fraction of sp³-hybridized carbons (Fsp3) is 0.292. The molecular formula is C48H48N2O7Si. The number of anilines is 1. The molecule has 4 atom stereocenters. The van der Waals surface area contributed by atoms with Crippen LogP contribution in [0.25, 0.3) is 16.8 Å². The molecule has 3 aliphatic rings. The van der Waals surface area contributed by atoms with E-state index in [-0.39, 0.29) is 59.2 Å². The van der Waals surface area contributed by atoms with E-state index in [1.54, 1.807) is 12.1 Å². The van der Waals surface area contributed by atoms with Crippen LogP contribution < -0.4 is 15.3 Å². The summed E-state index contributed by atoms with van der Waals surface area (Å²) in [5.74, 6) is -2.08. The molecule has 0 saturated carbocycles. The molecule has 5 aromatic rings. The number of carbonyl (C=O) groups excluding carboxylic acids is 2. The number of hydrogen-bond donors (Lipinski definition) is 1. The molecule has 2 saturated heterocycles. The highest BCUT2D eigenvalue weighted by molar-refractivity contribution is 6.99. The van der Waals surface area contributed by atoms with Crippen LogP contribution in [-0.4, -0.2) is 49.5 Å². The lowest BCUT2D eigenvalue weighted by Crippen LogP contribution is -2.66. The van der Waals surface area contributed by atoms with Crippen molar-refractivity contribution >= 4 is 58.7 Å². The zero-order valence-corrected chi connectivity index (χ0v) is 34.3. The molecule has 296 valence electrons. The fourth-order valence-corrected chi connectivity index (χ4v) is 14.2. The second kappa shape index (κ2) is 15.6. The Bertz CT molecular complexity index is 2420. The average molecular weight is 793 g/mol. The van der Waals surface area contributed by atoms with E-state index in [4.69, 9.17) is 9.16 Å². The van der Waals surface area contributed by atoms with Gasteiger partial charge >= 0.3 is 0 Å². The van der Waals surface area contributed by atoms with E-state index in [1.807, 2.05) is 42.5 Å². The summed E-state index contributed by atoms with van der Waals surface area (Å²) in [5.41, 5.74) is 4.24. The van der Waals surface area contributed by atoms with Crippen LogP contribution >= 0.6 is 0 Å². The van der Waals surface area contributed by atoms with Gasteiger partial charge in [-0.05, 0) is 75.8 Å². The summed E-state index contributed by atoms with van der Waals surface area (Å²) in [6, 6.07) is 38.1. The van der Waals surface area contributed by atoms with E-state index in [0.717, 1.165) is 54.7 Å². The molecule has 8 rings (SSSR count). The van der Waals surface area contributed by atoms with Gasteiger partial charge in [0, 0.05) is 23.4 Å². The van der Waals surface area contributed by atoms with Crippen LogP contribution in [0.1, 0.15) is 52.5 Å². The number of benzene rings is 5. The first-order chi connectivity index (χ1) is 27.9. The summed E-state index contributed by atoms with van der Waals surface area (Å²) >= 11 is 0. The number of fused-ring (bicyclic) bond motifs is 4. The first-order valence-corrected chi connectivity index (χ1v) is 21.9. The van der Waals surface area contributed by atoms with Crippen LogP contribution in [-0.2, 0) is 18.8 Å². The molecule has 58 heavy (non-hydrogen) atoms. The number of phenolic OH excluding ortho intramolecular Hbond substituents is 1. The SMILES string of the molecule is C/C(=C\c1ccc(O)c2ccccc12)CC[C@H]1OC[C@H]2C1=C(CO[Si](c1ccccc1)(c1ccccc1)C(C)(C)C)C[C@H]1C(=O)N(c3cccc([N+](=O)[O-])c3)C(=O)[C@H]12. The molecule has 0 radical (unpaired) electrons. The second-order valence-electron chi connectivity index (χ2n) is 16.8. The Labute approximate surface area is 339 Å². The molecule has 2 heterocycles. The van der Waals surface area contributed by atoms with Crippen LogP contribution in [0.2, 0.25) is 5.04 Å². The van der Waals surface area contributed by atoms with Gasteiger partial charge in [-0.2, -0.15) is 0 Å². The third-order valence-corrected chi connectivity index (χ3v) is 17.3. The van der Waals surface area contributed by atoms with Gasteiger partial charge in [-0.1, -0.05) is 129 Å². The molecular weight excluding hydrogens is 745 g/mol. The Kier molecular flexibility index (Phi) is 10.5. The summed E-state index contributed by atoms with van der Waals surface area (Å²) in [6.45, 7) is 9.37. The largest absolute Gasteiger partial charge is 0.507 e. The number of amides is 2. The summed E-state index contributed by atoms with van der Waals surface area (Å²) < 4.78 is 14.1. The van der Waals surface area contributed by atoms with Crippen molar-refractivity contribution in [3.63, 3.8) is 0 Å². The molecule has 9 nitrogen and oxygen atoms in total. The highest BCUT2D eigenvalue weighted by Crippen LogP contribution is 2.51. The van der Waals surface area contributed by atoms with Crippen LogP contribution in [0.3, 0.4) is 0 Å². The zero-order chi connectivity index (χ0) is 40.8. The standard InChI is InChI=1S/C48H48N2O7Si/c1-31(26-32-23-24-42(51)39-21-12-11-20-38(32)39)22-25-43-44-33(29-57-58(48(2,3)4,36-16-7-5-8-17-36)37-18-9-6-10-19-37)27-40-45(41(44)30-56-43)47(53)49(46(40)52)34-14-13-15-35(28-34)50(54)55/h5-21,23-24,26,28,40-41,43,45,51H,22,25,27,29-30H2,1-4H3/b31-26+/t40-,41+,43-,45-/m1/s1. The maximum Gasteiger partial charge on any atom is 0.271 e. The normalized spacial score (nSPS) is 21.1. The lowest BCUT2D eigenvalue weighted by atomic mass is 9.69. The second-order valence-corrected chi connectivity index (χ2v) is 21.1. The van der Waals surface area contributed by atoms with Gasteiger partial charge in [0.15, 0.2) is 0 Å². The van der Waals surface area contributed by atoms with Crippen LogP contribution in [0.15, 0.2) is 138 Å². The van der Waals surface area contributed by atoms with Gasteiger partial charge in [0.2, 0.25) is 11.8 Å². The van der Waals surface area contributed by atoms with Crippen molar-refractivity contribution in [3.05, 3.63) is 154 Å². The number of nitrogens with zero attached hydrogens (tertiary/aromatic N) is 2. The van der Waals surface area contributed by atoms with Crippen LogP contribution in [0, 0.1) is 27.9 Å². The molecule has 2 amide bonds. The third-order valence-electron chi connectivity index (χ3n) is 12.3. The number of nitro benzene ring substituents is 1. The number of allylic oxidation sites excluding steroid dienone is 1. The Balaban J connectivity index is 1.17. The lowest BCUT2D eigenvalue weighted by Gasteiger charge is -2.44. The van der Waals surface area contributed by atoms with Gasteiger partial charge in [0.05, 0.1) is 41.8 Å². The predicted molar refractivity (Wildman–Crippen MR) is 230 cm³/mol. The number of rotatable bonds is 11. The zero-order valence-electron chi connectivity index (χ0n) is 33.3. The maximum absolute atomic E-state index is 14.4. The van der Waals surface area contributed by atoms with Gasteiger partial charge in [0.1, 0.15) is 5.75 Å². The van der Waals surface area contributed by atoms with Crippen molar-refractivity contribution in [2.24, 2.45) is 17.8 Å². The van der Waals surface area contributed by atoms with E-state index < -0.39 is 25.1 Å². The first-order valence-electron chi connectivity index (χ1n) is 20.0. The van der Waals surface area contributed by atoms with Crippen molar-refractivity contribution in [2.75, 3.05) is 18.1 Å². The number of non-ortho nitro benzene ring substituents is 1. The molecule has 0 bridgehead atoms. The Morgan fingerprint density at radius 3 is 2.19 bits per heavy atom. The molecule has 0 spiro atoms. The number of nitro groups is 1. The van der Waals surface area contributed by atoms with E-state index in [2.05, 4.69) is 82.3 Å². The van der Waals surface area contributed by atoms with Crippen molar-refractivity contribution in [2.45, 2.75) is 58.1 Å². The van der Waals surface area contributed by atoms with Gasteiger partial charge < -0.3 is 14.3 Å². The highest BCUT2D eigenvalue weighted by atomic mass is 28.4. The molecule has 5 aromatic carbocycles. The molecule has 2 aliphatic heterocycles. The summed E-state index contributed by atoms with van der Waals surface area (Å²) in [4.78, 5) is 41.1. The van der Waals surface area contributed by atoms with E-state index in [1.165, 1.54) is 18.2 Å². The molecule has 1 aliphatic carbocycles. The third kappa shape index (κ3) is 6.89. The smallest absolute Gasteiger partial charge is 0.271 e. The molecule has 10 heteroatoms. The van der Waals surface area contributed by atoms with Crippen molar-refractivity contribution in [1.29, 1.82) is 0 Å². The summed E-state index contributed by atoms with van der Waals surface area (Å²) in [7, 11) is -2.98. The molecule has 2 fully saturated rings. The number of carbonyl (C=O) groups is 2. The molecule has 1 N–H and O–H groups in total. The minimum atomic E-state index is -2.98. The average Bonchev–Trinajstić information content (AvgIpc) is 3.76. The van der Waals surface area contributed by atoms with Crippen molar-refractivity contribution in [3.8, 4) is 5.75 Å². The van der Waals surface area contributed by atoms with Gasteiger partial charge in [-0.25, -0.2) is 4.90 Å². The maximum atomic E-state index is 14.4. The summed E-state index contributed by atoms with van der Waals surface area (Å²) in [6.07, 6.45) is 3.58. The summed E-state index contributed by atoms with van der Waals surface area (Å²) in [5, 5.41) is 26.0. The quantitative estimate of drug-likeness (QED) is 0.0467. The number of imide groups is 1. The van der Waals surface area contributed by atoms with Crippen LogP contribution in [0.5, 0.6) is 5.75 Å². The Morgan fingerprint density at radius 1 is 0.879 bits per heavy atom. The Hall–Kier alpha value is -5.68. The van der Waals surface area contributed by atoms with Crippen LogP contribution in [0.4, 0.5) is 11.4 Å². The van der Waals surface area contributed by atoms with E-state index in [0.29, 0.717) is 12.8 Å². The lowest BCUT2D eigenvalue weighted by molar-refractivity contribution is -0.384. The van der Waals surface area contributed by atoms with Crippen molar-refractivity contribution in [1.82, 2.24) is 0 Å². The Morgan fingerprint density at radius 2 is 1.53 bits per heavy atom. The minimum absolute atomic E-state index is 0.181. The van der Waals surface area contributed by atoms with E-state index in [9.17, 15) is 24.8 Å². The monoisotopic (exact) mass is 792 g/mol. The molecule has 0 aromatic heterocycles. The fourth-order valence-electron chi connectivity index (χ4n) is 9.69. The highest BCUT2D eigenvalue weighted by Gasteiger charge is 2.58. The first kappa shape index (κ1) is 39.2. The minimum Gasteiger partial charge on any atom is -0.507 e. The van der Waals surface area contributed by atoms with Crippen molar-refractivity contribution < 1.29 is 28.8 Å². The number of phenols is 1. The van der Waals surface area contributed by atoms with Gasteiger partial charge in [-0.15, -0.1) is 0 Å². The molecule has 0 unspecified atom stereocenters. The number of hydrogen-bond acceptors (Lipinski definition) is 7. The van der Waals surface area contributed by atoms with E-state index >= 15 is 0 Å².